The third kappa shape index (κ3) is 6.31. The number of nitrogens with zero attached hydrogens (tertiary/aromatic N) is 1. The Balaban J connectivity index is 5.03. The molecule has 0 heterocycles. The summed E-state index contributed by atoms with van der Waals surface area (Å²) in [7, 11) is -3.78. The van der Waals surface area contributed by atoms with Crippen molar-refractivity contribution >= 4 is 26.7 Å². The minimum Gasteiger partial charge on any atom is -0.455 e. The fraction of sp³-hybridized carbons (Fsp3) is 0.556. The monoisotopic (exact) mass is 259 g/mol. The highest BCUT2D eigenvalue weighted by atomic mass is 28.4. The van der Waals surface area contributed by atoms with E-state index in [0.717, 1.165) is 20.8 Å². The molecule has 0 aromatic carbocycles. The van der Waals surface area contributed by atoms with Crippen LogP contribution in [0.25, 0.3) is 0 Å². The molecule has 0 saturated carbocycles. The SMILES string of the molecule is CC(=O)O[Si](CCC#N)(OC(C)=O)OC(C)=O. The van der Waals surface area contributed by atoms with Crippen LogP contribution in [0.15, 0.2) is 0 Å². The van der Waals surface area contributed by atoms with Crippen LogP contribution in [0, 0.1) is 11.3 Å². The van der Waals surface area contributed by atoms with Crippen molar-refractivity contribution in [2.24, 2.45) is 0 Å². The van der Waals surface area contributed by atoms with Crippen molar-refractivity contribution in [1.82, 2.24) is 0 Å². The number of hydrogen-bond acceptors (Lipinski definition) is 7. The largest absolute Gasteiger partial charge is 0.706 e. The van der Waals surface area contributed by atoms with Gasteiger partial charge in [0.2, 0.25) is 0 Å². The molecule has 94 valence electrons. The van der Waals surface area contributed by atoms with Crippen molar-refractivity contribution in [2.75, 3.05) is 0 Å². The summed E-state index contributed by atoms with van der Waals surface area (Å²) in [6.45, 7) is 3.29. The van der Waals surface area contributed by atoms with Gasteiger partial charge in [-0.3, -0.25) is 14.4 Å². The van der Waals surface area contributed by atoms with Crippen LogP contribution in [0.3, 0.4) is 0 Å². The Labute approximate surface area is 99.6 Å². The first-order valence-corrected chi connectivity index (χ1v) is 6.70. The number of nitriles is 1. The van der Waals surface area contributed by atoms with E-state index in [1.807, 2.05) is 0 Å². The van der Waals surface area contributed by atoms with Crippen LogP contribution in [-0.4, -0.2) is 26.7 Å². The van der Waals surface area contributed by atoms with Crippen molar-refractivity contribution in [3.63, 3.8) is 0 Å². The van der Waals surface area contributed by atoms with Gasteiger partial charge in [0, 0.05) is 27.2 Å². The van der Waals surface area contributed by atoms with Gasteiger partial charge in [0.15, 0.2) is 0 Å². The van der Waals surface area contributed by atoms with Gasteiger partial charge >= 0.3 is 8.80 Å². The third-order valence-electron chi connectivity index (χ3n) is 1.44. The zero-order valence-electron chi connectivity index (χ0n) is 9.81. The van der Waals surface area contributed by atoms with Crippen molar-refractivity contribution in [2.45, 2.75) is 33.2 Å². The van der Waals surface area contributed by atoms with Crippen LogP contribution < -0.4 is 0 Å². The van der Waals surface area contributed by atoms with Gasteiger partial charge in [-0.25, -0.2) is 0 Å². The molecule has 0 aliphatic heterocycles. The highest BCUT2D eigenvalue weighted by molar-refractivity contribution is 6.65. The topological polar surface area (TPSA) is 103 Å². The Morgan fingerprint density at radius 3 is 1.59 bits per heavy atom. The maximum Gasteiger partial charge on any atom is 0.706 e. The van der Waals surface area contributed by atoms with Crippen LogP contribution in [0.4, 0.5) is 0 Å². The van der Waals surface area contributed by atoms with Gasteiger partial charge < -0.3 is 13.3 Å². The summed E-state index contributed by atoms with van der Waals surface area (Å²) >= 11 is 0. The lowest BCUT2D eigenvalue weighted by atomic mass is 10.6. The molecule has 0 atom stereocenters. The molecule has 0 N–H and O–H groups in total. The lowest BCUT2D eigenvalue weighted by Crippen LogP contribution is -2.49. The Kier molecular flexibility index (Phi) is 5.91. The van der Waals surface area contributed by atoms with Crippen LogP contribution >= 0.6 is 0 Å². The molecule has 0 amide bonds. The molecule has 0 aliphatic rings. The van der Waals surface area contributed by atoms with Crippen molar-refractivity contribution < 1.29 is 27.7 Å². The van der Waals surface area contributed by atoms with Gasteiger partial charge in [-0.15, -0.1) is 0 Å². The maximum atomic E-state index is 10.9. The summed E-state index contributed by atoms with van der Waals surface area (Å²) in [5.74, 6) is -2.22. The smallest absolute Gasteiger partial charge is 0.455 e. The number of carbonyl (C=O) groups is 3. The van der Waals surface area contributed by atoms with Gasteiger partial charge in [-0.2, -0.15) is 5.26 Å². The van der Waals surface area contributed by atoms with Gasteiger partial charge in [0.25, 0.3) is 17.9 Å². The Morgan fingerprint density at radius 2 is 1.35 bits per heavy atom. The first-order valence-electron chi connectivity index (χ1n) is 4.77. The van der Waals surface area contributed by atoms with E-state index in [-0.39, 0.29) is 12.5 Å². The predicted octanol–water partition coefficient (Wildman–Crippen LogP) is 0.528. The van der Waals surface area contributed by atoms with Crippen molar-refractivity contribution in [1.29, 1.82) is 5.26 Å². The number of hydrogen-bond donors (Lipinski definition) is 0. The highest BCUT2D eigenvalue weighted by Crippen LogP contribution is 2.18. The minimum absolute atomic E-state index is 0.0555. The standard InChI is InChI=1S/C9H13NO6Si/c1-7(11)14-17(6-4-5-10,15-8(2)12)16-9(3)13/h4,6H2,1-3H3. The first-order chi connectivity index (χ1) is 7.81. The summed E-state index contributed by atoms with van der Waals surface area (Å²) < 4.78 is 14.5. The minimum atomic E-state index is -3.78. The van der Waals surface area contributed by atoms with Gasteiger partial charge in [-0.05, 0) is 0 Å². The molecule has 0 saturated heterocycles. The van der Waals surface area contributed by atoms with Crippen LogP contribution in [-0.2, 0) is 27.7 Å². The second kappa shape index (κ2) is 6.65. The molecule has 0 radical (unpaired) electrons. The van der Waals surface area contributed by atoms with E-state index >= 15 is 0 Å². The van der Waals surface area contributed by atoms with E-state index in [4.69, 9.17) is 18.5 Å². The fourth-order valence-corrected chi connectivity index (χ4v) is 3.24. The lowest BCUT2D eigenvalue weighted by Gasteiger charge is -2.25. The average Bonchev–Trinajstić information content (AvgIpc) is 2.11. The second-order valence-corrected chi connectivity index (χ2v) is 5.60. The number of rotatable bonds is 5. The van der Waals surface area contributed by atoms with Crippen LogP contribution in [0.5, 0.6) is 0 Å². The molecule has 0 aromatic rings. The van der Waals surface area contributed by atoms with E-state index in [1.165, 1.54) is 0 Å². The summed E-state index contributed by atoms with van der Waals surface area (Å²) in [5.41, 5.74) is 0. The zero-order valence-corrected chi connectivity index (χ0v) is 10.8. The molecule has 7 nitrogen and oxygen atoms in total. The molecule has 0 fully saturated rings. The van der Waals surface area contributed by atoms with Gasteiger partial charge in [0.1, 0.15) is 0 Å². The molecule has 0 rings (SSSR count). The fourth-order valence-electron chi connectivity index (χ4n) is 1.08. The van der Waals surface area contributed by atoms with Crippen LogP contribution in [0.1, 0.15) is 27.2 Å². The third-order valence-corrected chi connectivity index (χ3v) is 4.10. The predicted molar refractivity (Wildman–Crippen MR) is 56.1 cm³/mol. The molecule has 0 unspecified atom stereocenters. The van der Waals surface area contributed by atoms with Crippen molar-refractivity contribution in [3.05, 3.63) is 0 Å². The molecule has 0 bridgehead atoms. The Hall–Kier alpha value is -1.88. The van der Waals surface area contributed by atoms with E-state index < -0.39 is 26.7 Å². The molecule has 0 aliphatic carbocycles. The van der Waals surface area contributed by atoms with Crippen molar-refractivity contribution in [3.8, 4) is 6.07 Å². The summed E-state index contributed by atoms with van der Waals surface area (Å²) in [4.78, 5) is 32.8. The quantitative estimate of drug-likeness (QED) is 0.663. The Morgan fingerprint density at radius 1 is 1.00 bits per heavy atom. The average molecular weight is 259 g/mol. The van der Waals surface area contributed by atoms with Gasteiger partial charge in [-0.1, -0.05) is 0 Å². The first kappa shape index (κ1) is 15.1. The Bertz CT molecular complexity index is 320. The lowest BCUT2D eigenvalue weighted by molar-refractivity contribution is -0.147. The molecule has 0 spiro atoms. The molecular weight excluding hydrogens is 246 g/mol. The molecular formula is C9H13NO6Si. The second-order valence-electron chi connectivity index (χ2n) is 3.12. The van der Waals surface area contributed by atoms with E-state index in [0.29, 0.717) is 0 Å². The highest BCUT2D eigenvalue weighted by Gasteiger charge is 2.51. The molecule has 0 aromatic heterocycles. The summed E-state index contributed by atoms with van der Waals surface area (Å²) in [5, 5.41) is 8.48. The maximum absolute atomic E-state index is 10.9. The zero-order chi connectivity index (χ0) is 13.5. The van der Waals surface area contributed by atoms with Gasteiger partial charge in [0.05, 0.1) is 12.1 Å². The van der Waals surface area contributed by atoms with E-state index in [1.54, 1.807) is 6.07 Å². The summed E-state index contributed by atoms with van der Waals surface area (Å²) in [6.07, 6.45) is -0.0555. The van der Waals surface area contributed by atoms with E-state index in [9.17, 15) is 14.4 Å². The molecule has 8 heteroatoms. The van der Waals surface area contributed by atoms with Crippen LogP contribution in [0.2, 0.25) is 6.04 Å². The number of carbonyl (C=O) groups excluding carboxylic acids is 3. The normalized spacial score (nSPS) is 10.0. The molecule has 17 heavy (non-hydrogen) atoms. The summed E-state index contributed by atoms with van der Waals surface area (Å²) in [6, 6.07) is 1.69. The van der Waals surface area contributed by atoms with E-state index in [2.05, 4.69) is 0 Å².